The molecule has 2 rings (SSSR count). The average molecular weight is 619 g/mol. The molecule has 0 fully saturated rings. The van der Waals surface area contributed by atoms with Gasteiger partial charge in [0.25, 0.3) is 0 Å². The van der Waals surface area contributed by atoms with Crippen molar-refractivity contribution in [2.45, 2.75) is 84.3 Å². The Hall–Kier alpha value is -3.84. The zero-order chi connectivity index (χ0) is 32.4. The molecular formula is C30H46N4O8Si. The van der Waals surface area contributed by atoms with Crippen LogP contribution in [0, 0.1) is 0 Å². The Balaban J connectivity index is 2.14. The molecule has 0 spiro atoms. The van der Waals surface area contributed by atoms with Gasteiger partial charge in [0, 0.05) is 24.8 Å². The zero-order valence-corrected chi connectivity index (χ0v) is 27.5. The van der Waals surface area contributed by atoms with Crippen molar-refractivity contribution in [2.24, 2.45) is 0 Å². The Morgan fingerprint density at radius 2 is 1.74 bits per heavy atom. The minimum atomic E-state index is -2.32. The molecule has 1 atom stereocenters. The molecule has 12 nitrogen and oxygen atoms in total. The Morgan fingerprint density at radius 3 is 2.30 bits per heavy atom. The average Bonchev–Trinajstić information content (AvgIpc) is 3.28. The van der Waals surface area contributed by atoms with Crippen molar-refractivity contribution in [2.75, 3.05) is 25.1 Å². The van der Waals surface area contributed by atoms with Gasteiger partial charge in [0.05, 0.1) is 0 Å². The molecule has 1 unspecified atom stereocenters. The van der Waals surface area contributed by atoms with E-state index in [-0.39, 0.29) is 24.1 Å². The maximum atomic E-state index is 12.3. The van der Waals surface area contributed by atoms with Crippen LogP contribution in [0.15, 0.2) is 43.1 Å². The largest absolute Gasteiger partial charge is 0.490 e. The lowest BCUT2D eigenvalue weighted by molar-refractivity contribution is -0.147. The highest BCUT2D eigenvalue weighted by Crippen LogP contribution is 2.37. The standard InChI is InChI=1S/C30H46N4O8Si/c1-10-18-39-28(38)32-25-23(19-34(33-25)17-11-16-31-27(37)41-29(2,3)4)21-12-14-22(15-13-21)40-20-24(26(35)36)42-43(8,9)30(5,6)7/h10,12-15,19,24H,1,11,16-18,20H2,2-9H3,(H,31,37)(H,35,36)(H,32,33,38). The van der Waals surface area contributed by atoms with Crippen molar-refractivity contribution in [3.05, 3.63) is 43.1 Å². The van der Waals surface area contributed by atoms with Gasteiger partial charge in [0.1, 0.15) is 24.6 Å². The first-order valence-corrected chi connectivity index (χ1v) is 17.1. The molecule has 2 aromatic rings. The second-order valence-corrected chi connectivity index (χ2v) is 17.2. The quantitative estimate of drug-likeness (QED) is 0.131. The Bertz CT molecular complexity index is 1250. The number of aliphatic carboxylic acids is 1. The number of nitrogens with zero attached hydrogens (tertiary/aromatic N) is 2. The van der Waals surface area contributed by atoms with Crippen molar-refractivity contribution in [3.8, 4) is 16.9 Å². The van der Waals surface area contributed by atoms with Gasteiger partial charge in [-0.2, -0.15) is 5.10 Å². The number of ether oxygens (including phenoxy) is 3. The number of benzene rings is 1. The van der Waals surface area contributed by atoms with Crippen molar-refractivity contribution in [3.63, 3.8) is 0 Å². The molecule has 1 heterocycles. The number of aryl methyl sites for hydroxylation is 1. The van der Waals surface area contributed by atoms with Crippen LogP contribution in [0.4, 0.5) is 15.4 Å². The predicted octanol–water partition coefficient (Wildman–Crippen LogP) is 6.05. The van der Waals surface area contributed by atoms with Crippen LogP contribution in [0.25, 0.3) is 11.1 Å². The number of carbonyl (C=O) groups is 3. The molecule has 238 valence electrons. The fraction of sp³-hybridized carbons (Fsp3) is 0.533. The summed E-state index contributed by atoms with van der Waals surface area (Å²) in [5.41, 5.74) is 0.780. The predicted molar refractivity (Wildman–Crippen MR) is 167 cm³/mol. The fourth-order valence-electron chi connectivity index (χ4n) is 3.44. The van der Waals surface area contributed by atoms with Gasteiger partial charge in [0.2, 0.25) is 0 Å². The summed E-state index contributed by atoms with van der Waals surface area (Å²) >= 11 is 0. The third-order valence-electron chi connectivity index (χ3n) is 6.63. The van der Waals surface area contributed by atoms with Crippen LogP contribution in [-0.4, -0.2) is 72.8 Å². The van der Waals surface area contributed by atoms with Gasteiger partial charge in [0.15, 0.2) is 20.2 Å². The highest BCUT2D eigenvalue weighted by Gasteiger charge is 2.41. The molecule has 3 N–H and O–H groups in total. The lowest BCUT2D eigenvalue weighted by Gasteiger charge is -2.38. The SMILES string of the molecule is C=CCOC(=O)Nc1nn(CCCNC(=O)OC(C)(C)C)cc1-c1ccc(OCC(O[Si](C)(C)C(C)(C)C)C(=O)O)cc1. The Morgan fingerprint density at radius 1 is 1.09 bits per heavy atom. The number of rotatable bonds is 14. The minimum absolute atomic E-state index is 0.0424. The summed E-state index contributed by atoms with van der Waals surface area (Å²) in [5.74, 6) is -0.319. The summed E-state index contributed by atoms with van der Waals surface area (Å²) in [6.45, 7) is 19.8. The van der Waals surface area contributed by atoms with E-state index in [2.05, 4.69) is 22.3 Å². The van der Waals surface area contributed by atoms with Crippen molar-refractivity contribution >= 4 is 32.3 Å². The number of amides is 2. The van der Waals surface area contributed by atoms with Crippen LogP contribution in [0.1, 0.15) is 48.0 Å². The van der Waals surface area contributed by atoms with Gasteiger partial charge in [-0.1, -0.05) is 45.6 Å². The number of alkyl carbamates (subject to hydrolysis) is 1. The first kappa shape index (κ1) is 35.4. The lowest BCUT2D eigenvalue weighted by atomic mass is 10.1. The summed E-state index contributed by atoms with van der Waals surface area (Å²) < 4.78 is 23.8. The monoisotopic (exact) mass is 618 g/mol. The van der Waals surface area contributed by atoms with E-state index in [0.29, 0.717) is 30.8 Å². The third-order valence-corrected chi connectivity index (χ3v) is 11.1. The van der Waals surface area contributed by atoms with E-state index < -0.39 is 38.2 Å². The molecule has 2 amide bonds. The molecule has 1 aromatic heterocycles. The van der Waals surface area contributed by atoms with Gasteiger partial charge in [-0.05, 0) is 63.0 Å². The molecule has 0 aliphatic heterocycles. The molecule has 43 heavy (non-hydrogen) atoms. The van der Waals surface area contributed by atoms with Crippen LogP contribution in [0.3, 0.4) is 0 Å². The summed E-state index contributed by atoms with van der Waals surface area (Å²) in [5, 5.41) is 19.4. The number of aromatic nitrogens is 2. The van der Waals surface area contributed by atoms with Crippen LogP contribution in [-0.2, 0) is 25.2 Å². The third kappa shape index (κ3) is 11.7. The summed E-state index contributed by atoms with van der Waals surface area (Å²) in [6, 6.07) is 6.99. The number of hydrogen-bond acceptors (Lipinski definition) is 8. The highest BCUT2D eigenvalue weighted by molar-refractivity contribution is 6.74. The minimum Gasteiger partial charge on any atom is -0.490 e. The van der Waals surface area contributed by atoms with E-state index in [1.54, 1.807) is 55.9 Å². The van der Waals surface area contributed by atoms with Gasteiger partial charge in [-0.3, -0.25) is 10.00 Å². The maximum Gasteiger partial charge on any atom is 0.413 e. The number of carboxylic acids is 1. The molecule has 0 radical (unpaired) electrons. The van der Waals surface area contributed by atoms with E-state index in [9.17, 15) is 19.5 Å². The van der Waals surface area contributed by atoms with Crippen molar-refractivity contribution in [1.82, 2.24) is 15.1 Å². The van der Waals surface area contributed by atoms with Gasteiger partial charge >= 0.3 is 18.2 Å². The number of carboxylic acid groups (broad SMARTS) is 1. The smallest absolute Gasteiger partial charge is 0.413 e. The lowest BCUT2D eigenvalue weighted by Crippen LogP contribution is -2.47. The summed E-state index contributed by atoms with van der Waals surface area (Å²) in [6.07, 6.45) is 1.53. The molecule has 0 aliphatic rings. The number of carbonyl (C=O) groups excluding carboxylic acids is 2. The Kier molecular flexibility index (Phi) is 12.4. The van der Waals surface area contributed by atoms with E-state index in [1.807, 2.05) is 33.9 Å². The second-order valence-electron chi connectivity index (χ2n) is 12.5. The van der Waals surface area contributed by atoms with E-state index in [4.69, 9.17) is 18.6 Å². The molecular weight excluding hydrogens is 572 g/mol. The Labute approximate surface area is 254 Å². The number of anilines is 1. The van der Waals surface area contributed by atoms with Crippen LogP contribution >= 0.6 is 0 Å². The molecule has 1 aromatic carbocycles. The number of nitrogens with one attached hydrogen (secondary N) is 2. The van der Waals surface area contributed by atoms with E-state index in [0.717, 1.165) is 5.56 Å². The first-order valence-electron chi connectivity index (χ1n) is 14.1. The summed E-state index contributed by atoms with van der Waals surface area (Å²) in [7, 11) is -2.32. The molecule has 0 bridgehead atoms. The van der Waals surface area contributed by atoms with Gasteiger partial charge in [-0.25, -0.2) is 14.4 Å². The molecule has 0 saturated carbocycles. The van der Waals surface area contributed by atoms with E-state index >= 15 is 0 Å². The highest BCUT2D eigenvalue weighted by atomic mass is 28.4. The topological polar surface area (TPSA) is 150 Å². The molecule has 0 aliphatic carbocycles. The van der Waals surface area contributed by atoms with E-state index in [1.165, 1.54) is 6.08 Å². The maximum absolute atomic E-state index is 12.3. The normalized spacial score (nSPS) is 12.7. The van der Waals surface area contributed by atoms with Crippen molar-refractivity contribution < 1.29 is 38.1 Å². The van der Waals surface area contributed by atoms with Crippen LogP contribution in [0.2, 0.25) is 18.1 Å². The van der Waals surface area contributed by atoms with Gasteiger partial charge < -0.3 is 29.1 Å². The molecule has 13 heteroatoms. The molecule has 0 saturated heterocycles. The number of hydrogen-bond donors (Lipinski definition) is 3. The zero-order valence-electron chi connectivity index (χ0n) is 26.5. The van der Waals surface area contributed by atoms with Crippen molar-refractivity contribution in [1.29, 1.82) is 0 Å². The summed E-state index contributed by atoms with van der Waals surface area (Å²) in [4.78, 5) is 36.0. The van der Waals surface area contributed by atoms with Gasteiger partial charge in [-0.15, -0.1) is 0 Å². The van der Waals surface area contributed by atoms with Crippen LogP contribution in [0.5, 0.6) is 5.75 Å². The first-order chi connectivity index (χ1) is 19.9. The second kappa shape index (κ2) is 15.1. The van der Waals surface area contributed by atoms with Crippen LogP contribution < -0.4 is 15.4 Å². The fourth-order valence-corrected chi connectivity index (χ4v) is 4.68.